The zero-order valence-electron chi connectivity index (χ0n) is 15.8. The summed E-state index contributed by atoms with van der Waals surface area (Å²) in [6.45, 7) is 1.49. The number of nitrogens with zero attached hydrogens (tertiary/aromatic N) is 1. The van der Waals surface area contributed by atoms with E-state index >= 15 is 0 Å². The monoisotopic (exact) mass is 407 g/mol. The Morgan fingerprint density at radius 1 is 0.897 bits per heavy atom. The predicted molar refractivity (Wildman–Crippen MR) is 113 cm³/mol. The van der Waals surface area contributed by atoms with Crippen LogP contribution >= 0.6 is 0 Å². The molecule has 0 atom stereocenters. The van der Waals surface area contributed by atoms with Crippen LogP contribution in [0, 0.1) is 0 Å². The topological polar surface area (TPSA) is 63.7 Å². The minimum atomic E-state index is -3.56. The molecule has 3 aromatic rings. The van der Waals surface area contributed by atoms with Crippen LogP contribution < -0.4 is 0 Å². The fourth-order valence-corrected chi connectivity index (χ4v) is 4.71. The molecule has 0 bridgehead atoms. The van der Waals surface area contributed by atoms with Crippen molar-refractivity contribution in [3.8, 4) is 0 Å². The number of hydrogen-bond acceptors (Lipinski definition) is 4. The second-order valence-corrected chi connectivity index (χ2v) is 8.78. The van der Waals surface area contributed by atoms with Gasteiger partial charge in [0.2, 0.25) is 10.0 Å². The molecule has 0 aromatic heterocycles. The van der Waals surface area contributed by atoms with Gasteiger partial charge in [-0.25, -0.2) is 8.42 Å². The van der Waals surface area contributed by atoms with Crippen molar-refractivity contribution in [3.05, 3.63) is 83.9 Å². The van der Waals surface area contributed by atoms with Crippen molar-refractivity contribution >= 4 is 32.7 Å². The second-order valence-electron chi connectivity index (χ2n) is 6.85. The molecule has 1 saturated heterocycles. The summed E-state index contributed by atoms with van der Waals surface area (Å²) in [5.74, 6) is -0.173. The van der Waals surface area contributed by atoms with Crippen molar-refractivity contribution in [2.75, 3.05) is 26.3 Å². The van der Waals surface area contributed by atoms with Crippen molar-refractivity contribution in [1.29, 1.82) is 0 Å². The third kappa shape index (κ3) is 4.29. The summed E-state index contributed by atoms with van der Waals surface area (Å²) in [5.41, 5.74) is 1.38. The van der Waals surface area contributed by atoms with Crippen molar-refractivity contribution in [2.45, 2.75) is 4.90 Å². The molecule has 1 fully saturated rings. The molecule has 0 saturated carbocycles. The molecular weight excluding hydrogens is 386 g/mol. The number of rotatable bonds is 5. The van der Waals surface area contributed by atoms with Crippen LogP contribution in [0.5, 0.6) is 0 Å². The first kappa shape index (κ1) is 19.5. The minimum absolute atomic E-state index is 0.173. The Bertz CT molecular complexity index is 1160. The van der Waals surface area contributed by atoms with Crippen LogP contribution in [0.1, 0.15) is 15.9 Å². The average molecular weight is 407 g/mol. The van der Waals surface area contributed by atoms with Gasteiger partial charge in [0.15, 0.2) is 5.78 Å². The highest BCUT2D eigenvalue weighted by molar-refractivity contribution is 7.89. The third-order valence-corrected chi connectivity index (χ3v) is 6.86. The second kappa shape index (κ2) is 8.29. The zero-order valence-corrected chi connectivity index (χ0v) is 16.6. The lowest BCUT2D eigenvalue weighted by molar-refractivity contribution is 0.0730. The molecule has 0 N–H and O–H groups in total. The van der Waals surface area contributed by atoms with Gasteiger partial charge in [0.25, 0.3) is 0 Å². The van der Waals surface area contributed by atoms with E-state index in [0.717, 1.165) is 16.3 Å². The molecule has 0 aliphatic carbocycles. The Labute approximate surface area is 170 Å². The SMILES string of the molecule is O=C(/C=C/c1ccc2ccccc2c1)c1ccc(S(=O)(=O)N2CCOCC2)cc1. The van der Waals surface area contributed by atoms with E-state index in [9.17, 15) is 13.2 Å². The molecule has 0 amide bonds. The van der Waals surface area contributed by atoms with E-state index in [2.05, 4.69) is 0 Å². The molecule has 148 valence electrons. The van der Waals surface area contributed by atoms with Crippen LogP contribution in [0.2, 0.25) is 0 Å². The first-order valence-corrected chi connectivity index (χ1v) is 10.9. The number of sulfonamides is 1. The molecule has 1 heterocycles. The fraction of sp³-hybridized carbons (Fsp3) is 0.174. The van der Waals surface area contributed by atoms with E-state index in [1.165, 1.54) is 22.5 Å². The van der Waals surface area contributed by atoms with Gasteiger partial charge in [-0.1, -0.05) is 42.5 Å². The van der Waals surface area contributed by atoms with Gasteiger partial charge in [0.1, 0.15) is 0 Å². The van der Waals surface area contributed by atoms with Gasteiger partial charge in [0.05, 0.1) is 18.1 Å². The molecule has 1 aliphatic heterocycles. The lowest BCUT2D eigenvalue weighted by Gasteiger charge is -2.26. The van der Waals surface area contributed by atoms with Crippen molar-refractivity contribution in [3.63, 3.8) is 0 Å². The normalized spacial score (nSPS) is 15.7. The van der Waals surface area contributed by atoms with E-state index in [1.807, 2.05) is 42.5 Å². The Morgan fingerprint density at radius 2 is 1.59 bits per heavy atom. The van der Waals surface area contributed by atoms with Crippen molar-refractivity contribution in [2.24, 2.45) is 0 Å². The smallest absolute Gasteiger partial charge is 0.243 e. The predicted octanol–water partition coefficient (Wildman–Crippen LogP) is 3.76. The first-order valence-electron chi connectivity index (χ1n) is 9.43. The highest BCUT2D eigenvalue weighted by Crippen LogP contribution is 2.19. The van der Waals surface area contributed by atoms with Gasteiger partial charge in [-0.2, -0.15) is 4.31 Å². The Morgan fingerprint density at radius 3 is 2.31 bits per heavy atom. The highest BCUT2D eigenvalue weighted by Gasteiger charge is 2.26. The van der Waals surface area contributed by atoms with Crippen LogP contribution in [-0.2, 0) is 14.8 Å². The van der Waals surface area contributed by atoms with Gasteiger partial charge < -0.3 is 4.74 Å². The summed E-state index contributed by atoms with van der Waals surface area (Å²) in [5, 5.41) is 2.26. The molecule has 5 nitrogen and oxygen atoms in total. The van der Waals surface area contributed by atoms with E-state index in [0.29, 0.717) is 31.9 Å². The number of morpholine rings is 1. The largest absolute Gasteiger partial charge is 0.379 e. The summed E-state index contributed by atoms with van der Waals surface area (Å²) in [6.07, 6.45) is 3.28. The first-order chi connectivity index (χ1) is 14.0. The lowest BCUT2D eigenvalue weighted by atomic mass is 10.1. The summed E-state index contributed by atoms with van der Waals surface area (Å²) in [4.78, 5) is 12.7. The summed E-state index contributed by atoms with van der Waals surface area (Å²) < 4.78 is 31.9. The number of hydrogen-bond donors (Lipinski definition) is 0. The number of carbonyl (C=O) groups excluding carboxylic acids is 1. The minimum Gasteiger partial charge on any atom is -0.379 e. The lowest BCUT2D eigenvalue weighted by Crippen LogP contribution is -2.40. The van der Waals surface area contributed by atoms with Crippen molar-refractivity contribution in [1.82, 2.24) is 4.31 Å². The zero-order chi connectivity index (χ0) is 20.3. The molecule has 0 unspecified atom stereocenters. The maximum atomic E-state index is 12.7. The maximum Gasteiger partial charge on any atom is 0.243 e. The summed E-state index contributed by atoms with van der Waals surface area (Å²) in [7, 11) is -3.56. The van der Waals surface area contributed by atoms with E-state index in [1.54, 1.807) is 18.2 Å². The number of carbonyl (C=O) groups is 1. The third-order valence-electron chi connectivity index (χ3n) is 4.95. The molecule has 6 heteroatoms. The Kier molecular flexibility index (Phi) is 5.58. The molecule has 0 radical (unpaired) electrons. The summed E-state index contributed by atoms with van der Waals surface area (Å²) >= 11 is 0. The standard InChI is InChI=1S/C23H21NO4S/c25-23(12-6-18-5-7-19-3-1-2-4-21(19)17-18)20-8-10-22(11-9-20)29(26,27)24-13-15-28-16-14-24/h1-12,17H,13-16H2/b12-6+. The van der Waals surface area contributed by atoms with Gasteiger partial charge in [-0.3, -0.25) is 4.79 Å². The van der Waals surface area contributed by atoms with E-state index in [-0.39, 0.29) is 10.7 Å². The molecule has 4 rings (SSSR count). The van der Waals surface area contributed by atoms with Gasteiger partial charge in [-0.05, 0) is 52.7 Å². The van der Waals surface area contributed by atoms with Crippen molar-refractivity contribution < 1.29 is 17.9 Å². The Balaban J connectivity index is 1.49. The molecule has 1 aliphatic rings. The number of allylic oxidation sites excluding steroid dienone is 1. The average Bonchev–Trinajstić information content (AvgIpc) is 2.78. The number of ketones is 1. The fourth-order valence-electron chi connectivity index (χ4n) is 3.31. The molecule has 29 heavy (non-hydrogen) atoms. The van der Waals surface area contributed by atoms with E-state index < -0.39 is 10.0 Å². The molecule has 0 spiro atoms. The van der Waals surface area contributed by atoms with Gasteiger partial charge in [-0.15, -0.1) is 0 Å². The number of fused-ring (bicyclic) bond motifs is 1. The quantitative estimate of drug-likeness (QED) is 0.477. The Hall–Kier alpha value is -2.80. The van der Waals surface area contributed by atoms with Crippen LogP contribution in [0.15, 0.2) is 77.7 Å². The summed E-state index contributed by atoms with van der Waals surface area (Å²) in [6, 6.07) is 20.1. The molecule has 3 aromatic carbocycles. The van der Waals surface area contributed by atoms with Crippen LogP contribution in [0.25, 0.3) is 16.8 Å². The van der Waals surface area contributed by atoms with Gasteiger partial charge in [0, 0.05) is 18.7 Å². The molecular formula is C23H21NO4S. The van der Waals surface area contributed by atoms with Gasteiger partial charge >= 0.3 is 0 Å². The maximum absolute atomic E-state index is 12.7. The highest BCUT2D eigenvalue weighted by atomic mass is 32.2. The number of ether oxygens (including phenoxy) is 1. The van der Waals surface area contributed by atoms with E-state index in [4.69, 9.17) is 4.74 Å². The van der Waals surface area contributed by atoms with Crippen LogP contribution in [0.3, 0.4) is 0 Å². The van der Waals surface area contributed by atoms with Crippen LogP contribution in [-0.4, -0.2) is 44.8 Å². The number of benzene rings is 3. The van der Waals surface area contributed by atoms with Crippen LogP contribution in [0.4, 0.5) is 0 Å².